The Labute approximate surface area is 124 Å². The van der Waals surface area contributed by atoms with Gasteiger partial charge in [-0.2, -0.15) is 0 Å². The van der Waals surface area contributed by atoms with Gasteiger partial charge in [-0.25, -0.2) is 0 Å². The third-order valence-electron chi connectivity index (χ3n) is 4.65. The van der Waals surface area contributed by atoms with Gasteiger partial charge in [0.2, 0.25) is 0 Å². The minimum Gasteiger partial charge on any atom is -0.480 e. The van der Waals surface area contributed by atoms with Gasteiger partial charge in [-0.3, -0.25) is 10.1 Å². The van der Waals surface area contributed by atoms with Crippen LogP contribution in [0.15, 0.2) is 24.3 Å². The van der Waals surface area contributed by atoms with Gasteiger partial charge >= 0.3 is 5.97 Å². The molecule has 1 aromatic rings. The highest BCUT2D eigenvalue weighted by molar-refractivity contribution is 8.00. The van der Waals surface area contributed by atoms with Crippen LogP contribution in [-0.2, 0) is 15.1 Å². The molecule has 20 heavy (non-hydrogen) atoms. The van der Waals surface area contributed by atoms with E-state index < -0.39 is 12.0 Å². The largest absolute Gasteiger partial charge is 0.480 e. The molecule has 0 aromatic heterocycles. The fourth-order valence-electron chi connectivity index (χ4n) is 3.41. The summed E-state index contributed by atoms with van der Waals surface area (Å²) < 4.78 is 0. The summed E-state index contributed by atoms with van der Waals surface area (Å²) in [5.74, 6) is 0.172. The zero-order valence-electron chi connectivity index (χ0n) is 12.0. The second-order valence-electron chi connectivity index (χ2n) is 6.43. The first-order chi connectivity index (χ1) is 9.45. The van der Waals surface area contributed by atoms with Crippen LogP contribution in [0.1, 0.15) is 44.2 Å². The molecule has 1 aliphatic carbocycles. The Balaban J connectivity index is 2.04. The number of hydrogen-bond donors (Lipinski definition) is 2. The van der Waals surface area contributed by atoms with Crippen molar-refractivity contribution in [3.8, 4) is 0 Å². The Morgan fingerprint density at radius 3 is 2.70 bits per heavy atom. The number of carboxylic acids is 1. The molecule has 1 spiro atoms. The number of carboxylic acid groups (broad SMARTS) is 1. The van der Waals surface area contributed by atoms with Crippen molar-refractivity contribution in [2.24, 2.45) is 0 Å². The lowest BCUT2D eigenvalue weighted by atomic mass is 9.70. The second-order valence-corrected chi connectivity index (χ2v) is 7.82. The van der Waals surface area contributed by atoms with Crippen LogP contribution in [0.3, 0.4) is 0 Å². The number of carbonyl (C=O) groups is 1. The zero-order chi connectivity index (χ0) is 14.4. The fourth-order valence-corrected chi connectivity index (χ4v) is 4.92. The molecule has 1 saturated heterocycles. The molecule has 4 heteroatoms. The van der Waals surface area contributed by atoms with Gasteiger partial charge in [0, 0.05) is 0 Å². The predicted molar refractivity (Wildman–Crippen MR) is 82.0 cm³/mol. The monoisotopic (exact) mass is 291 g/mol. The molecule has 3 nitrogen and oxygen atoms in total. The van der Waals surface area contributed by atoms with Crippen LogP contribution in [0.2, 0.25) is 0 Å². The van der Waals surface area contributed by atoms with E-state index in [1.165, 1.54) is 11.1 Å². The van der Waals surface area contributed by atoms with Crippen LogP contribution in [0.4, 0.5) is 0 Å². The highest BCUT2D eigenvalue weighted by atomic mass is 32.2. The van der Waals surface area contributed by atoms with E-state index >= 15 is 0 Å². The molecule has 0 saturated carbocycles. The molecule has 0 bridgehead atoms. The summed E-state index contributed by atoms with van der Waals surface area (Å²) in [6.07, 6.45) is 2.77. The standard InChI is InChI=1S/C16H21NO2S/c1-15(2)8-9-16(12-6-4-3-5-11(12)15)17-13(14(18)19)7-10-20-16/h3-6,13,17H,7-10H2,1-2H3,(H,18,19). The second kappa shape index (κ2) is 4.78. The number of nitrogens with one attached hydrogen (secondary N) is 1. The first-order valence-electron chi connectivity index (χ1n) is 7.19. The van der Waals surface area contributed by atoms with E-state index in [1.54, 1.807) is 0 Å². The highest BCUT2D eigenvalue weighted by Crippen LogP contribution is 2.51. The average molecular weight is 291 g/mol. The number of thioether (sulfide) groups is 1. The Kier molecular flexibility index (Phi) is 3.33. The van der Waals surface area contributed by atoms with Gasteiger partial charge in [0.05, 0.1) is 4.87 Å². The smallest absolute Gasteiger partial charge is 0.320 e. The fraction of sp³-hybridized carbons (Fsp3) is 0.562. The van der Waals surface area contributed by atoms with Crippen LogP contribution < -0.4 is 5.32 Å². The maximum Gasteiger partial charge on any atom is 0.320 e. The van der Waals surface area contributed by atoms with Gasteiger partial charge in [0.15, 0.2) is 0 Å². The first-order valence-corrected chi connectivity index (χ1v) is 8.18. The lowest BCUT2D eigenvalue weighted by Crippen LogP contribution is -2.55. The maximum absolute atomic E-state index is 11.3. The molecule has 1 aromatic carbocycles. The van der Waals surface area contributed by atoms with E-state index in [4.69, 9.17) is 0 Å². The number of rotatable bonds is 1. The molecule has 1 aliphatic heterocycles. The summed E-state index contributed by atoms with van der Waals surface area (Å²) in [5, 5.41) is 12.8. The lowest BCUT2D eigenvalue weighted by molar-refractivity contribution is -0.140. The molecule has 0 amide bonds. The van der Waals surface area contributed by atoms with Gasteiger partial charge in [-0.05, 0) is 41.6 Å². The quantitative estimate of drug-likeness (QED) is 0.835. The number of benzene rings is 1. The minimum atomic E-state index is -0.730. The van der Waals surface area contributed by atoms with Gasteiger partial charge in [0.25, 0.3) is 0 Å². The Bertz CT molecular complexity index is 543. The lowest BCUT2D eigenvalue weighted by Gasteiger charge is -2.48. The third kappa shape index (κ3) is 2.15. The SMILES string of the molecule is CC1(C)CCC2(NC(C(=O)O)CCS2)c2ccccc21. The van der Waals surface area contributed by atoms with Crippen molar-refractivity contribution in [2.75, 3.05) is 5.75 Å². The topological polar surface area (TPSA) is 49.3 Å². The molecule has 1 fully saturated rings. The van der Waals surface area contributed by atoms with Crippen molar-refractivity contribution in [2.45, 2.75) is 49.4 Å². The van der Waals surface area contributed by atoms with E-state index in [0.29, 0.717) is 6.42 Å². The molecular weight excluding hydrogens is 270 g/mol. The van der Waals surface area contributed by atoms with Crippen LogP contribution in [0.5, 0.6) is 0 Å². The van der Waals surface area contributed by atoms with Crippen LogP contribution >= 0.6 is 11.8 Å². The van der Waals surface area contributed by atoms with Crippen molar-refractivity contribution >= 4 is 17.7 Å². The van der Waals surface area contributed by atoms with E-state index in [-0.39, 0.29) is 10.3 Å². The van der Waals surface area contributed by atoms with Crippen molar-refractivity contribution in [1.82, 2.24) is 5.32 Å². The summed E-state index contributed by atoms with van der Waals surface area (Å²) in [7, 11) is 0. The molecule has 0 radical (unpaired) electrons. The number of fused-ring (bicyclic) bond motifs is 2. The molecule has 2 aliphatic rings. The molecule has 1 heterocycles. The van der Waals surface area contributed by atoms with Gasteiger partial charge in [-0.1, -0.05) is 38.1 Å². The highest BCUT2D eigenvalue weighted by Gasteiger charge is 2.46. The summed E-state index contributed by atoms with van der Waals surface area (Å²) in [6.45, 7) is 4.56. The summed E-state index contributed by atoms with van der Waals surface area (Å²) in [4.78, 5) is 11.1. The van der Waals surface area contributed by atoms with Crippen molar-refractivity contribution in [3.63, 3.8) is 0 Å². The Hall–Kier alpha value is -1.00. The summed E-state index contributed by atoms with van der Waals surface area (Å²) in [6, 6.07) is 8.09. The Morgan fingerprint density at radius 2 is 2.00 bits per heavy atom. The summed E-state index contributed by atoms with van der Waals surface area (Å²) in [5.41, 5.74) is 2.81. The zero-order valence-corrected chi connectivity index (χ0v) is 12.8. The van der Waals surface area contributed by atoms with Crippen LogP contribution in [0, 0.1) is 0 Å². The van der Waals surface area contributed by atoms with Crippen LogP contribution in [0.25, 0.3) is 0 Å². The van der Waals surface area contributed by atoms with E-state index in [0.717, 1.165) is 18.6 Å². The van der Waals surface area contributed by atoms with E-state index in [2.05, 4.69) is 43.4 Å². The molecule has 2 atom stereocenters. The number of aliphatic carboxylic acids is 1. The predicted octanol–water partition coefficient (Wildman–Crippen LogP) is 3.09. The van der Waals surface area contributed by atoms with Gasteiger partial charge in [0.1, 0.15) is 6.04 Å². The average Bonchev–Trinajstić information content (AvgIpc) is 2.44. The molecule has 2 unspecified atom stereocenters. The van der Waals surface area contributed by atoms with Crippen LogP contribution in [-0.4, -0.2) is 22.9 Å². The third-order valence-corrected chi connectivity index (χ3v) is 6.13. The molecule has 3 rings (SSSR count). The van der Waals surface area contributed by atoms with Crippen molar-refractivity contribution in [3.05, 3.63) is 35.4 Å². The molecular formula is C16H21NO2S. The normalized spacial score (nSPS) is 31.8. The van der Waals surface area contributed by atoms with Crippen molar-refractivity contribution < 1.29 is 9.90 Å². The Morgan fingerprint density at radius 1 is 1.30 bits per heavy atom. The van der Waals surface area contributed by atoms with Gasteiger partial charge in [-0.15, -0.1) is 11.8 Å². The molecule has 108 valence electrons. The minimum absolute atomic E-state index is 0.167. The van der Waals surface area contributed by atoms with E-state index in [1.807, 2.05) is 11.8 Å². The summed E-state index contributed by atoms with van der Waals surface area (Å²) >= 11 is 1.88. The first kappa shape index (κ1) is 14.0. The maximum atomic E-state index is 11.3. The van der Waals surface area contributed by atoms with Crippen molar-refractivity contribution in [1.29, 1.82) is 0 Å². The van der Waals surface area contributed by atoms with Gasteiger partial charge < -0.3 is 5.11 Å². The molecule has 2 N–H and O–H groups in total. The van der Waals surface area contributed by atoms with E-state index in [9.17, 15) is 9.90 Å². The number of hydrogen-bond acceptors (Lipinski definition) is 3.